The zero-order chi connectivity index (χ0) is 18.8. The van der Waals surface area contributed by atoms with Crippen molar-refractivity contribution in [1.29, 1.82) is 0 Å². The van der Waals surface area contributed by atoms with Gasteiger partial charge >= 0.3 is 5.97 Å². The number of ether oxygens (including phenoxy) is 1. The van der Waals surface area contributed by atoms with Crippen molar-refractivity contribution in [2.75, 3.05) is 0 Å². The molecule has 0 N–H and O–H groups in total. The van der Waals surface area contributed by atoms with Gasteiger partial charge in [0.2, 0.25) is 0 Å². The maximum Gasteiger partial charge on any atom is 0.312 e. The van der Waals surface area contributed by atoms with Crippen LogP contribution in [0.2, 0.25) is 0 Å². The van der Waals surface area contributed by atoms with E-state index in [-0.39, 0.29) is 22.9 Å². The molecule has 2 fully saturated rings. The summed E-state index contributed by atoms with van der Waals surface area (Å²) in [5, 5.41) is 0. The summed E-state index contributed by atoms with van der Waals surface area (Å²) in [5.41, 5.74) is -0.260. The van der Waals surface area contributed by atoms with Crippen LogP contribution >= 0.6 is 0 Å². The Balaban J connectivity index is 2.15. The Kier molecular flexibility index (Phi) is 6.65. The smallest absolute Gasteiger partial charge is 0.312 e. The lowest BCUT2D eigenvalue weighted by molar-refractivity contribution is -0.170. The molecule has 0 aromatic heterocycles. The van der Waals surface area contributed by atoms with Crippen molar-refractivity contribution >= 4 is 5.97 Å². The zero-order valence-electron chi connectivity index (χ0n) is 17.9. The molecule has 5 atom stereocenters. The molecule has 0 amide bonds. The molecule has 0 aromatic rings. The van der Waals surface area contributed by atoms with E-state index >= 15 is 0 Å². The van der Waals surface area contributed by atoms with Crippen LogP contribution in [0.5, 0.6) is 0 Å². The van der Waals surface area contributed by atoms with E-state index in [2.05, 4.69) is 48.5 Å². The topological polar surface area (TPSA) is 26.3 Å². The van der Waals surface area contributed by atoms with Crippen LogP contribution in [-0.2, 0) is 9.53 Å². The zero-order valence-corrected chi connectivity index (χ0v) is 17.9. The van der Waals surface area contributed by atoms with Crippen LogP contribution in [0.15, 0.2) is 0 Å². The highest BCUT2D eigenvalue weighted by Gasteiger charge is 2.44. The normalized spacial score (nSPS) is 32.8. The Labute approximate surface area is 156 Å². The molecule has 0 aliphatic heterocycles. The number of esters is 1. The van der Waals surface area contributed by atoms with Gasteiger partial charge in [-0.2, -0.15) is 0 Å². The van der Waals surface area contributed by atoms with Crippen LogP contribution in [0.1, 0.15) is 99.8 Å². The van der Waals surface area contributed by atoms with Gasteiger partial charge in [0.25, 0.3) is 0 Å². The molecule has 2 heteroatoms. The third-order valence-electron chi connectivity index (χ3n) is 7.06. The minimum absolute atomic E-state index is 0.0568. The maximum atomic E-state index is 13.3. The Morgan fingerprint density at radius 3 is 2.32 bits per heavy atom. The second-order valence-electron chi connectivity index (χ2n) is 10.8. The first-order valence-electron chi connectivity index (χ1n) is 10.8. The van der Waals surface area contributed by atoms with Crippen LogP contribution in [0.3, 0.4) is 0 Å². The quantitative estimate of drug-likeness (QED) is 0.521. The lowest BCUT2D eigenvalue weighted by Gasteiger charge is -2.39. The SMILES string of the molecule is CCC1CC2CCCC(C2)C(OC(=O)C(C)(CC(C)(C)C)C(C)C)C1. The molecule has 2 bridgehead atoms. The Morgan fingerprint density at radius 1 is 1.08 bits per heavy atom. The van der Waals surface area contributed by atoms with Crippen molar-refractivity contribution in [3.8, 4) is 0 Å². The molecular formula is C23H42O2. The molecule has 146 valence electrons. The van der Waals surface area contributed by atoms with Gasteiger partial charge in [-0.3, -0.25) is 4.79 Å². The van der Waals surface area contributed by atoms with Gasteiger partial charge in [0.1, 0.15) is 6.10 Å². The fourth-order valence-electron chi connectivity index (χ4n) is 5.34. The summed E-state index contributed by atoms with van der Waals surface area (Å²) in [6, 6.07) is 0. The molecule has 5 unspecified atom stereocenters. The van der Waals surface area contributed by atoms with Crippen molar-refractivity contribution in [2.45, 2.75) is 106 Å². The minimum Gasteiger partial charge on any atom is -0.462 e. The highest BCUT2D eigenvalue weighted by molar-refractivity contribution is 5.77. The highest BCUT2D eigenvalue weighted by Crippen LogP contribution is 2.45. The second kappa shape index (κ2) is 8.01. The monoisotopic (exact) mass is 350 g/mol. The van der Waals surface area contributed by atoms with Gasteiger partial charge in [-0.1, -0.05) is 60.8 Å². The average molecular weight is 351 g/mol. The number of carbonyl (C=O) groups is 1. The van der Waals surface area contributed by atoms with E-state index in [1.807, 2.05) is 0 Å². The van der Waals surface area contributed by atoms with E-state index in [4.69, 9.17) is 4.74 Å². The van der Waals surface area contributed by atoms with Crippen molar-refractivity contribution in [3.63, 3.8) is 0 Å². The first kappa shape index (κ1) is 20.8. The number of carbonyl (C=O) groups excluding carboxylic acids is 1. The van der Waals surface area contributed by atoms with Crippen molar-refractivity contribution < 1.29 is 9.53 Å². The van der Waals surface area contributed by atoms with Gasteiger partial charge in [-0.25, -0.2) is 0 Å². The Morgan fingerprint density at radius 2 is 1.76 bits per heavy atom. The van der Waals surface area contributed by atoms with Crippen molar-refractivity contribution in [2.24, 2.45) is 34.5 Å². The standard InChI is InChI=1S/C23H42O2/c1-8-17-12-18-10-9-11-19(13-18)20(14-17)25-21(24)23(7,16(2)3)15-22(4,5)6/h16-20H,8-15H2,1-7H3. The molecule has 2 aliphatic rings. The van der Waals surface area contributed by atoms with Crippen molar-refractivity contribution in [1.82, 2.24) is 0 Å². The average Bonchev–Trinajstić information content (AvgIpc) is 2.62. The number of fused-ring (bicyclic) bond motifs is 2. The molecule has 0 radical (unpaired) electrons. The first-order valence-corrected chi connectivity index (χ1v) is 10.8. The van der Waals surface area contributed by atoms with Gasteiger partial charge in [0.15, 0.2) is 0 Å². The van der Waals surface area contributed by atoms with E-state index in [1.54, 1.807) is 0 Å². The molecule has 2 rings (SSSR count). The van der Waals surface area contributed by atoms with E-state index in [0.717, 1.165) is 24.7 Å². The highest BCUT2D eigenvalue weighted by atomic mass is 16.5. The van der Waals surface area contributed by atoms with Crippen molar-refractivity contribution in [3.05, 3.63) is 0 Å². The summed E-state index contributed by atoms with van der Waals surface area (Å²) in [7, 11) is 0. The maximum absolute atomic E-state index is 13.3. The van der Waals surface area contributed by atoms with Gasteiger partial charge in [0.05, 0.1) is 5.41 Å². The van der Waals surface area contributed by atoms with Crippen LogP contribution in [-0.4, -0.2) is 12.1 Å². The third-order valence-corrected chi connectivity index (χ3v) is 7.06. The summed E-state index contributed by atoms with van der Waals surface area (Å²) in [5.74, 6) is 2.56. The molecule has 0 spiro atoms. The molecular weight excluding hydrogens is 308 g/mol. The second-order valence-corrected chi connectivity index (χ2v) is 10.8. The summed E-state index contributed by atoms with van der Waals surface area (Å²) in [6.07, 6.45) is 9.95. The summed E-state index contributed by atoms with van der Waals surface area (Å²) < 4.78 is 6.32. The fraction of sp³-hybridized carbons (Fsp3) is 0.957. The fourth-order valence-corrected chi connectivity index (χ4v) is 5.34. The van der Waals surface area contributed by atoms with E-state index in [9.17, 15) is 4.79 Å². The van der Waals surface area contributed by atoms with Gasteiger partial charge < -0.3 is 4.74 Å². The molecule has 0 heterocycles. The summed E-state index contributed by atoms with van der Waals surface area (Å²) in [4.78, 5) is 13.3. The molecule has 2 saturated carbocycles. The number of rotatable bonds is 5. The largest absolute Gasteiger partial charge is 0.462 e. The Bertz CT molecular complexity index is 447. The predicted octanol–water partition coefficient (Wildman–Crippen LogP) is 6.62. The van der Waals surface area contributed by atoms with Crippen LogP contribution in [0, 0.1) is 34.5 Å². The Hall–Kier alpha value is -0.530. The van der Waals surface area contributed by atoms with Gasteiger partial charge in [0, 0.05) is 0 Å². The molecule has 0 saturated heterocycles. The van der Waals surface area contributed by atoms with E-state index < -0.39 is 0 Å². The lowest BCUT2D eigenvalue weighted by atomic mass is 9.68. The van der Waals surface area contributed by atoms with Crippen LogP contribution in [0.25, 0.3) is 0 Å². The molecule has 0 aromatic carbocycles. The molecule has 2 aliphatic carbocycles. The molecule has 2 nitrogen and oxygen atoms in total. The number of hydrogen-bond acceptors (Lipinski definition) is 2. The van der Waals surface area contributed by atoms with Gasteiger partial charge in [-0.15, -0.1) is 0 Å². The van der Waals surface area contributed by atoms with E-state index in [1.165, 1.54) is 38.5 Å². The molecule has 25 heavy (non-hydrogen) atoms. The predicted molar refractivity (Wildman–Crippen MR) is 105 cm³/mol. The van der Waals surface area contributed by atoms with Crippen LogP contribution < -0.4 is 0 Å². The number of hydrogen-bond donors (Lipinski definition) is 0. The van der Waals surface area contributed by atoms with Crippen LogP contribution in [0.4, 0.5) is 0 Å². The summed E-state index contributed by atoms with van der Waals surface area (Å²) in [6.45, 7) is 15.5. The van der Waals surface area contributed by atoms with Gasteiger partial charge in [-0.05, 0) is 68.1 Å². The van der Waals surface area contributed by atoms with E-state index in [0.29, 0.717) is 11.8 Å². The minimum atomic E-state index is -0.389. The lowest BCUT2D eigenvalue weighted by Crippen LogP contribution is -2.42. The summed E-state index contributed by atoms with van der Waals surface area (Å²) >= 11 is 0. The first-order chi connectivity index (χ1) is 11.5. The third kappa shape index (κ3) is 5.23.